The molecular formula is C26H31N3O6S2. The summed E-state index contributed by atoms with van der Waals surface area (Å²) in [6.07, 6.45) is 5.22. The van der Waals surface area contributed by atoms with Gasteiger partial charge in [0, 0.05) is 11.7 Å². The fourth-order valence-electron chi connectivity index (χ4n) is 4.38. The highest BCUT2D eigenvalue weighted by molar-refractivity contribution is 7.89. The van der Waals surface area contributed by atoms with Crippen molar-refractivity contribution >= 4 is 31.6 Å². The maximum Gasteiger partial charge on any atom is 0.243 e. The monoisotopic (exact) mass is 545 g/mol. The van der Waals surface area contributed by atoms with Crippen LogP contribution in [0.4, 0.5) is 5.69 Å². The van der Waals surface area contributed by atoms with Gasteiger partial charge in [0.1, 0.15) is 5.76 Å². The molecule has 1 fully saturated rings. The molecule has 2 aromatic carbocycles. The van der Waals surface area contributed by atoms with Crippen molar-refractivity contribution in [2.45, 2.75) is 55.0 Å². The van der Waals surface area contributed by atoms with Crippen LogP contribution in [0.2, 0.25) is 0 Å². The first-order valence-electron chi connectivity index (χ1n) is 12.1. The second-order valence-corrected chi connectivity index (χ2v) is 12.9. The third-order valence-electron chi connectivity index (χ3n) is 6.48. The smallest absolute Gasteiger partial charge is 0.243 e. The van der Waals surface area contributed by atoms with Crippen molar-refractivity contribution < 1.29 is 26.0 Å². The quantitative estimate of drug-likeness (QED) is 0.397. The van der Waals surface area contributed by atoms with E-state index in [1.54, 1.807) is 42.5 Å². The molecule has 198 valence electrons. The van der Waals surface area contributed by atoms with Crippen LogP contribution in [0.3, 0.4) is 0 Å². The molecule has 0 aliphatic heterocycles. The summed E-state index contributed by atoms with van der Waals surface area (Å²) >= 11 is 0. The van der Waals surface area contributed by atoms with Crippen LogP contribution in [-0.4, -0.2) is 39.6 Å². The van der Waals surface area contributed by atoms with Gasteiger partial charge in [0.25, 0.3) is 0 Å². The summed E-state index contributed by atoms with van der Waals surface area (Å²) in [5.74, 6) is 0.0767. The van der Waals surface area contributed by atoms with E-state index >= 15 is 0 Å². The van der Waals surface area contributed by atoms with E-state index in [1.807, 2.05) is 6.92 Å². The van der Waals surface area contributed by atoms with Gasteiger partial charge in [-0.25, -0.2) is 21.6 Å². The predicted octanol–water partition coefficient (Wildman–Crippen LogP) is 3.97. The average Bonchev–Trinajstić information content (AvgIpc) is 3.39. The van der Waals surface area contributed by atoms with E-state index in [1.165, 1.54) is 30.5 Å². The van der Waals surface area contributed by atoms with Crippen molar-refractivity contribution in [3.63, 3.8) is 0 Å². The number of para-hydroxylation sites is 1. The molecule has 0 saturated heterocycles. The van der Waals surface area contributed by atoms with Gasteiger partial charge in [0.15, 0.2) is 0 Å². The molecule has 2 N–H and O–H groups in total. The van der Waals surface area contributed by atoms with Gasteiger partial charge in [-0.2, -0.15) is 4.31 Å². The lowest BCUT2D eigenvalue weighted by atomic mass is 9.87. The summed E-state index contributed by atoms with van der Waals surface area (Å²) in [4.78, 5) is 12.6. The van der Waals surface area contributed by atoms with Gasteiger partial charge in [-0.05, 0) is 67.3 Å². The van der Waals surface area contributed by atoms with Gasteiger partial charge >= 0.3 is 0 Å². The molecule has 2 atom stereocenters. The van der Waals surface area contributed by atoms with Crippen molar-refractivity contribution in [3.05, 3.63) is 78.8 Å². The first kappa shape index (κ1) is 27.1. The Hall–Kier alpha value is -2.99. The van der Waals surface area contributed by atoms with E-state index in [4.69, 9.17) is 4.42 Å². The van der Waals surface area contributed by atoms with Crippen LogP contribution in [0.1, 0.15) is 38.4 Å². The zero-order valence-corrected chi connectivity index (χ0v) is 22.2. The Bertz CT molecular complexity index is 1390. The van der Waals surface area contributed by atoms with Crippen molar-refractivity contribution in [1.82, 2.24) is 9.03 Å². The van der Waals surface area contributed by atoms with Crippen LogP contribution in [0.15, 0.2) is 87.2 Å². The van der Waals surface area contributed by atoms with Gasteiger partial charge in [0.05, 0.1) is 29.1 Å². The molecule has 0 radical (unpaired) electrons. The molecule has 9 nitrogen and oxygen atoms in total. The number of sulfonamides is 2. The van der Waals surface area contributed by atoms with Crippen molar-refractivity contribution in [1.29, 1.82) is 0 Å². The normalized spacial score (nSPS) is 18.5. The molecule has 1 saturated carbocycles. The first-order valence-corrected chi connectivity index (χ1v) is 15.1. The number of amides is 1. The highest BCUT2D eigenvalue weighted by Gasteiger charge is 2.30. The number of rotatable bonds is 10. The van der Waals surface area contributed by atoms with Crippen LogP contribution in [0, 0.1) is 5.92 Å². The molecule has 1 aliphatic carbocycles. The summed E-state index contributed by atoms with van der Waals surface area (Å²) in [5, 5.41) is 2.68. The lowest BCUT2D eigenvalue weighted by Crippen LogP contribution is -2.41. The van der Waals surface area contributed by atoms with E-state index in [2.05, 4.69) is 10.0 Å². The minimum absolute atomic E-state index is 0.0105. The van der Waals surface area contributed by atoms with E-state index in [9.17, 15) is 21.6 Å². The van der Waals surface area contributed by atoms with Crippen molar-refractivity contribution in [2.75, 3.05) is 11.9 Å². The summed E-state index contributed by atoms with van der Waals surface area (Å²) < 4.78 is 62.0. The Balaban J connectivity index is 1.53. The van der Waals surface area contributed by atoms with Gasteiger partial charge in [-0.1, -0.05) is 38.0 Å². The number of anilines is 1. The number of hydrogen-bond acceptors (Lipinski definition) is 6. The number of nitrogens with zero attached hydrogens (tertiary/aromatic N) is 1. The highest BCUT2D eigenvalue weighted by atomic mass is 32.2. The zero-order chi connectivity index (χ0) is 26.5. The third kappa shape index (κ3) is 6.86. The number of furan rings is 1. The molecule has 1 aromatic heterocycles. The van der Waals surface area contributed by atoms with Crippen molar-refractivity contribution in [3.8, 4) is 0 Å². The lowest BCUT2D eigenvalue weighted by Gasteiger charge is -2.29. The summed E-state index contributed by atoms with van der Waals surface area (Å²) in [5.41, 5.74) is 0.539. The van der Waals surface area contributed by atoms with Gasteiger partial charge in [-0.15, -0.1) is 0 Å². The Morgan fingerprint density at radius 3 is 2.24 bits per heavy atom. The lowest BCUT2D eigenvalue weighted by molar-refractivity contribution is -0.116. The SMILES string of the molecule is C[C@H]1CCCC[C@H]1NS(=O)(=O)c1ccc(S(=O)(=O)N(CC(=O)Nc2ccccc2)Cc2ccco2)cc1. The molecule has 0 bridgehead atoms. The Kier molecular flexibility index (Phi) is 8.48. The Morgan fingerprint density at radius 1 is 0.919 bits per heavy atom. The molecule has 0 unspecified atom stereocenters. The Labute approximate surface area is 218 Å². The van der Waals surface area contributed by atoms with Gasteiger partial charge in [0.2, 0.25) is 26.0 Å². The van der Waals surface area contributed by atoms with Crippen LogP contribution < -0.4 is 10.0 Å². The first-order chi connectivity index (χ1) is 17.6. The van der Waals surface area contributed by atoms with E-state index in [0.717, 1.165) is 30.0 Å². The molecule has 1 aliphatic rings. The van der Waals surface area contributed by atoms with Crippen LogP contribution in [0.5, 0.6) is 0 Å². The van der Waals surface area contributed by atoms with Crippen LogP contribution in [0.25, 0.3) is 0 Å². The maximum atomic E-state index is 13.5. The number of benzene rings is 2. The molecule has 0 spiro atoms. The summed E-state index contributed by atoms with van der Waals surface area (Å²) in [7, 11) is -7.97. The average molecular weight is 546 g/mol. The molecule has 11 heteroatoms. The van der Waals surface area contributed by atoms with Crippen LogP contribution in [-0.2, 0) is 31.4 Å². The second-order valence-electron chi connectivity index (χ2n) is 9.23. The maximum absolute atomic E-state index is 13.5. The third-order valence-corrected chi connectivity index (χ3v) is 9.79. The fraction of sp³-hybridized carbons (Fsp3) is 0.346. The number of nitrogens with one attached hydrogen (secondary N) is 2. The van der Waals surface area contributed by atoms with E-state index < -0.39 is 32.5 Å². The largest absolute Gasteiger partial charge is 0.468 e. The van der Waals surface area contributed by atoms with Gasteiger partial charge < -0.3 is 9.73 Å². The molecule has 1 heterocycles. The minimum atomic E-state index is -4.17. The fourth-order valence-corrected chi connectivity index (χ4v) is 7.12. The molecular weight excluding hydrogens is 514 g/mol. The van der Waals surface area contributed by atoms with Crippen molar-refractivity contribution in [2.24, 2.45) is 5.92 Å². The zero-order valence-electron chi connectivity index (χ0n) is 20.5. The number of carbonyl (C=O) groups is 1. The van der Waals surface area contributed by atoms with Gasteiger partial charge in [-0.3, -0.25) is 4.79 Å². The number of hydrogen-bond donors (Lipinski definition) is 2. The topological polar surface area (TPSA) is 126 Å². The predicted molar refractivity (Wildman–Crippen MR) is 140 cm³/mol. The van der Waals surface area contributed by atoms with E-state index in [0.29, 0.717) is 11.4 Å². The summed E-state index contributed by atoms with van der Waals surface area (Å²) in [6.45, 7) is 1.40. The molecule has 3 aromatic rings. The minimum Gasteiger partial charge on any atom is -0.468 e. The highest BCUT2D eigenvalue weighted by Crippen LogP contribution is 2.26. The second kappa shape index (κ2) is 11.6. The Morgan fingerprint density at radius 2 is 1.59 bits per heavy atom. The molecule has 37 heavy (non-hydrogen) atoms. The molecule has 1 amide bonds. The standard InChI is InChI=1S/C26H31N3O6S2/c1-20-8-5-6-12-25(20)28-36(31,32)23-13-15-24(16-14-23)37(33,34)29(18-22-11-7-17-35-22)19-26(30)27-21-9-3-2-4-10-21/h2-4,7,9-11,13-17,20,25,28H,5-6,8,12,18-19H2,1H3,(H,27,30)/t20-,25+/m0/s1. The number of carbonyl (C=O) groups excluding carboxylic acids is 1. The van der Waals surface area contributed by atoms with E-state index in [-0.39, 0.29) is 28.3 Å². The summed E-state index contributed by atoms with van der Waals surface area (Å²) in [6, 6.07) is 16.9. The molecule has 4 rings (SSSR count). The van der Waals surface area contributed by atoms with Crippen LogP contribution >= 0.6 is 0 Å².